The van der Waals surface area contributed by atoms with Gasteiger partial charge in [-0.05, 0) is 32.1 Å². The lowest BCUT2D eigenvalue weighted by atomic mass is 10.0. The van der Waals surface area contributed by atoms with Gasteiger partial charge in [0.15, 0.2) is 11.6 Å². The third-order valence-corrected chi connectivity index (χ3v) is 4.90. The van der Waals surface area contributed by atoms with Crippen molar-refractivity contribution in [3.05, 3.63) is 23.9 Å². The van der Waals surface area contributed by atoms with E-state index in [1.807, 2.05) is 18.1 Å². The number of fused-ring (bicyclic) bond motifs is 1. The molecule has 2 aliphatic rings. The number of rotatable bonds is 2. The van der Waals surface area contributed by atoms with E-state index in [1.54, 1.807) is 10.7 Å². The van der Waals surface area contributed by atoms with Gasteiger partial charge in [0.1, 0.15) is 5.82 Å². The fraction of sp³-hybridized carbons (Fsp3) is 0.625. The van der Waals surface area contributed by atoms with Crippen LogP contribution in [0.5, 0.6) is 0 Å². The Hall–Kier alpha value is -2.38. The molecule has 2 aromatic heterocycles. The molecule has 2 aromatic rings. The summed E-state index contributed by atoms with van der Waals surface area (Å²) in [5.41, 5.74) is 0. The number of nitrogens with one attached hydrogen (secondary N) is 1. The van der Waals surface area contributed by atoms with Crippen LogP contribution >= 0.6 is 0 Å². The second-order valence-electron chi connectivity index (χ2n) is 6.59. The van der Waals surface area contributed by atoms with Gasteiger partial charge in [0.25, 0.3) is 0 Å². The van der Waals surface area contributed by atoms with E-state index in [4.69, 9.17) is 0 Å². The highest BCUT2D eigenvalue weighted by molar-refractivity contribution is 5.88. The molecule has 0 aliphatic carbocycles. The highest BCUT2D eigenvalue weighted by atomic mass is 16.2. The quantitative estimate of drug-likeness (QED) is 0.915. The topological polar surface area (TPSA) is 80.9 Å². The second-order valence-corrected chi connectivity index (χ2v) is 6.59. The summed E-state index contributed by atoms with van der Waals surface area (Å²) in [5.74, 6) is 2.59. The maximum absolute atomic E-state index is 12.8. The zero-order valence-corrected chi connectivity index (χ0v) is 14.0. The summed E-state index contributed by atoms with van der Waals surface area (Å²) in [4.78, 5) is 14.7. The fourth-order valence-electron chi connectivity index (χ4n) is 3.68. The van der Waals surface area contributed by atoms with Crippen LogP contribution in [0.25, 0.3) is 0 Å². The SMILES string of the molecule is Cn1ccc(NC(=O)N2CCCC[C@@H]2c2nnc3n2CCCC3)n1. The molecule has 4 rings (SSSR count). The fourth-order valence-corrected chi connectivity index (χ4v) is 3.68. The van der Waals surface area contributed by atoms with Crippen molar-refractivity contribution in [3.8, 4) is 0 Å². The van der Waals surface area contributed by atoms with Gasteiger partial charge in [-0.1, -0.05) is 0 Å². The molecule has 2 amide bonds. The number of nitrogens with zero attached hydrogens (tertiary/aromatic N) is 6. The number of aromatic nitrogens is 5. The van der Waals surface area contributed by atoms with Gasteiger partial charge in [-0.2, -0.15) is 5.10 Å². The summed E-state index contributed by atoms with van der Waals surface area (Å²) in [6, 6.07) is 1.70. The first kappa shape index (κ1) is 15.2. The number of aryl methyl sites for hydroxylation is 2. The van der Waals surface area contributed by atoms with Crippen LogP contribution in [0.3, 0.4) is 0 Å². The minimum absolute atomic E-state index is 0.00168. The van der Waals surface area contributed by atoms with Crippen molar-refractivity contribution in [1.82, 2.24) is 29.4 Å². The van der Waals surface area contributed by atoms with Crippen molar-refractivity contribution in [1.29, 1.82) is 0 Å². The third-order valence-electron chi connectivity index (χ3n) is 4.90. The molecule has 0 saturated carbocycles. The van der Waals surface area contributed by atoms with Crippen molar-refractivity contribution in [3.63, 3.8) is 0 Å². The van der Waals surface area contributed by atoms with Gasteiger partial charge in [-0.15, -0.1) is 10.2 Å². The maximum atomic E-state index is 12.8. The first-order chi connectivity index (χ1) is 11.7. The van der Waals surface area contributed by atoms with Crippen molar-refractivity contribution >= 4 is 11.8 Å². The Bertz CT molecular complexity index is 735. The van der Waals surface area contributed by atoms with E-state index < -0.39 is 0 Å². The van der Waals surface area contributed by atoms with Gasteiger partial charge in [0, 0.05) is 38.8 Å². The summed E-state index contributed by atoms with van der Waals surface area (Å²) in [5, 5.41) is 15.9. The molecule has 0 spiro atoms. The van der Waals surface area contributed by atoms with Crippen LogP contribution in [0.15, 0.2) is 12.3 Å². The molecule has 0 radical (unpaired) electrons. The van der Waals surface area contributed by atoms with Crippen molar-refractivity contribution in [2.24, 2.45) is 7.05 Å². The van der Waals surface area contributed by atoms with Crippen LogP contribution in [0, 0.1) is 0 Å². The lowest BCUT2D eigenvalue weighted by Gasteiger charge is -2.35. The van der Waals surface area contributed by atoms with E-state index >= 15 is 0 Å². The molecule has 1 fully saturated rings. The average Bonchev–Trinajstić information content (AvgIpc) is 3.21. The van der Waals surface area contributed by atoms with Crippen LogP contribution in [-0.2, 0) is 20.0 Å². The minimum atomic E-state index is -0.105. The van der Waals surface area contributed by atoms with Crippen LogP contribution in [0.4, 0.5) is 10.6 Å². The normalized spacial score (nSPS) is 20.7. The van der Waals surface area contributed by atoms with Crippen LogP contribution in [0.1, 0.15) is 49.8 Å². The predicted molar refractivity (Wildman–Crippen MR) is 88.5 cm³/mol. The summed E-state index contributed by atoms with van der Waals surface area (Å²) >= 11 is 0. The Morgan fingerprint density at radius 1 is 1.21 bits per heavy atom. The van der Waals surface area contributed by atoms with Crippen molar-refractivity contribution in [2.75, 3.05) is 11.9 Å². The second kappa shape index (κ2) is 6.26. The van der Waals surface area contributed by atoms with Gasteiger partial charge in [-0.3, -0.25) is 10.00 Å². The summed E-state index contributed by atoms with van der Waals surface area (Å²) in [6.07, 6.45) is 8.21. The van der Waals surface area contributed by atoms with Gasteiger partial charge >= 0.3 is 6.03 Å². The van der Waals surface area contributed by atoms with Crippen molar-refractivity contribution in [2.45, 2.75) is 51.1 Å². The number of piperidine rings is 1. The number of carbonyl (C=O) groups excluding carboxylic acids is 1. The molecular weight excluding hydrogens is 306 g/mol. The van der Waals surface area contributed by atoms with Gasteiger partial charge < -0.3 is 9.47 Å². The molecule has 8 heteroatoms. The van der Waals surface area contributed by atoms with Gasteiger partial charge in [-0.25, -0.2) is 4.79 Å². The smallest absolute Gasteiger partial charge is 0.314 e. The number of urea groups is 1. The minimum Gasteiger partial charge on any atom is -0.314 e. The largest absolute Gasteiger partial charge is 0.323 e. The molecule has 8 nitrogen and oxygen atoms in total. The Kier molecular flexibility index (Phi) is 3.95. The number of hydrogen-bond acceptors (Lipinski definition) is 4. The predicted octanol–water partition coefficient (Wildman–Crippen LogP) is 2.11. The average molecular weight is 329 g/mol. The van der Waals surface area contributed by atoms with Crippen LogP contribution in [0.2, 0.25) is 0 Å². The van der Waals surface area contributed by atoms with E-state index in [9.17, 15) is 4.79 Å². The molecular formula is C16H23N7O. The summed E-state index contributed by atoms with van der Waals surface area (Å²) in [6.45, 7) is 1.70. The highest BCUT2D eigenvalue weighted by Crippen LogP contribution is 2.32. The number of anilines is 1. The van der Waals surface area contributed by atoms with Gasteiger partial charge in [0.05, 0.1) is 6.04 Å². The number of likely N-dealkylation sites (tertiary alicyclic amines) is 1. The Balaban J connectivity index is 1.56. The number of hydrogen-bond donors (Lipinski definition) is 1. The maximum Gasteiger partial charge on any atom is 0.323 e. The molecule has 0 bridgehead atoms. The van der Waals surface area contributed by atoms with Crippen LogP contribution < -0.4 is 5.32 Å². The van der Waals surface area contributed by atoms with Gasteiger partial charge in [0.2, 0.25) is 0 Å². The molecule has 2 aliphatic heterocycles. The van der Waals surface area contributed by atoms with E-state index in [0.717, 1.165) is 56.8 Å². The number of amides is 2. The molecule has 1 N–H and O–H groups in total. The molecule has 0 aromatic carbocycles. The monoisotopic (exact) mass is 329 g/mol. The molecule has 128 valence electrons. The first-order valence-corrected chi connectivity index (χ1v) is 8.71. The van der Waals surface area contributed by atoms with E-state index in [0.29, 0.717) is 5.82 Å². The zero-order chi connectivity index (χ0) is 16.5. The molecule has 0 unspecified atom stereocenters. The first-order valence-electron chi connectivity index (χ1n) is 8.71. The summed E-state index contributed by atoms with van der Waals surface area (Å²) in [7, 11) is 1.84. The van der Waals surface area contributed by atoms with Crippen LogP contribution in [-0.4, -0.2) is 42.0 Å². The molecule has 1 saturated heterocycles. The Morgan fingerprint density at radius 3 is 2.92 bits per heavy atom. The Labute approximate surface area is 140 Å². The molecule has 1 atom stereocenters. The zero-order valence-electron chi connectivity index (χ0n) is 14.0. The van der Waals surface area contributed by atoms with E-state index in [2.05, 4.69) is 25.2 Å². The number of carbonyl (C=O) groups is 1. The third kappa shape index (κ3) is 2.76. The highest BCUT2D eigenvalue weighted by Gasteiger charge is 2.33. The Morgan fingerprint density at radius 2 is 2.08 bits per heavy atom. The molecule has 4 heterocycles. The summed E-state index contributed by atoms with van der Waals surface area (Å²) < 4.78 is 3.90. The molecule has 24 heavy (non-hydrogen) atoms. The standard InChI is InChI=1S/C16H23N7O/c1-21-11-8-13(20-21)17-16(24)22-9-4-2-6-12(22)15-19-18-14-7-3-5-10-23(14)15/h8,11-12H,2-7,9-10H2,1H3,(H,17,20,24)/t12-/m1/s1. The van der Waals surface area contributed by atoms with Crippen molar-refractivity contribution < 1.29 is 4.79 Å². The lowest BCUT2D eigenvalue weighted by molar-refractivity contribution is 0.156. The lowest BCUT2D eigenvalue weighted by Crippen LogP contribution is -2.42. The van der Waals surface area contributed by atoms with E-state index in [1.165, 1.54) is 6.42 Å². The van der Waals surface area contributed by atoms with E-state index in [-0.39, 0.29) is 12.1 Å².